The van der Waals surface area contributed by atoms with Crippen LogP contribution in [0.5, 0.6) is 0 Å². The number of guanidine groups is 1. The minimum atomic E-state index is 0.214. The minimum absolute atomic E-state index is 0.214. The van der Waals surface area contributed by atoms with Gasteiger partial charge in [-0.15, -0.1) is 10.2 Å². The average molecular weight is 397 g/mol. The lowest BCUT2D eigenvalue weighted by Crippen LogP contribution is -2.38. The van der Waals surface area contributed by atoms with E-state index in [1.165, 1.54) is 36.2 Å². The number of fused-ring (bicyclic) bond motifs is 1. The Kier molecular flexibility index (Phi) is 8.08. The van der Waals surface area contributed by atoms with Crippen LogP contribution in [-0.4, -0.2) is 33.8 Å². The first-order valence-electron chi connectivity index (χ1n) is 11.3. The molecule has 2 N–H and O–H groups in total. The third-order valence-electron chi connectivity index (χ3n) is 5.60. The van der Waals surface area contributed by atoms with Crippen LogP contribution in [0.1, 0.15) is 75.3 Å². The smallest absolute Gasteiger partial charge is 0.191 e. The van der Waals surface area contributed by atoms with Crippen molar-refractivity contribution in [3.8, 4) is 0 Å². The zero-order chi connectivity index (χ0) is 20.5. The zero-order valence-electron chi connectivity index (χ0n) is 18.2. The van der Waals surface area contributed by atoms with E-state index < -0.39 is 0 Å². The van der Waals surface area contributed by atoms with E-state index in [-0.39, 0.29) is 6.04 Å². The van der Waals surface area contributed by atoms with E-state index >= 15 is 0 Å². The standard InChI is InChI=1S/C23H36N6/c1-4-19-12-14-20(15-13-19)18(3)26-23(24-5-2)25-16-9-11-22-28-27-21-10-7-6-8-17-29(21)22/h12-15,18H,4-11,16-17H2,1-3H3,(H2,24,25,26). The van der Waals surface area contributed by atoms with E-state index in [0.29, 0.717) is 0 Å². The lowest BCUT2D eigenvalue weighted by molar-refractivity contribution is 0.597. The van der Waals surface area contributed by atoms with Crippen molar-refractivity contribution in [1.29, 1.82) is 0 Å². The molecule has 2 heterocycles. The lowest BCUT2D eigenvalue weighted by atomic mass is 10.1. The maximum atomic E-state index is 4.78. The van der Waals surface area contributed by atoms with Gasteiger partial charge in [-0.1, -0.05) is 37.6 Å². The number of aryl methyl sites for hydroxylation is 3. The molecule has 0 amide bonds. The first kappa shape index (κ1) is 21.3. The van der Waals surface area contributed by atoms with Crippen LogP contribution in [0.15, 0.2) is 29.3 Å². The summed E-state index contributed by atoms with van der Waals surface area (Å²) in [6.07, 6.45) is 7.82. The van der Waals surface area contributed by atoms with Gasteiger partial charge in [0, 0.05) is 32.5 Å². The van der Waals surface area contributed by atoms with Crippen LogP contribution in [0.4, 0.5) is 0 Å². The summed E-state index contributed by atoms with van der Waals surface area (Å²) in [4.78, 5) is 4.78. The second kappa shape index (κ2) is 11.0. The highest BCUT2D eigenvalue weighted by atomic mass is 15.3. The maximum absolute atomic E-state index is 4.78. The quantitative estimate of drug-likeness (QED) is 0.404. The molecule has 6 heteroatoms. The topological polar surface area (TPSA) is 67.1 Å². The Labute approximate surface area is 175 Å². The monoisotopic (exact) mass is 396 g/mol. The van der Waals surface area contributed by atoms with Crippen molar-refractivity contribution in [3.05, 3.63) is 47.0 Å². The third-order valence-corrected chi connectivity index (χ3v) is 5.60. The summed E-state index contributed by atoms with van der Waals surface area (Å²) in [7, 11) is 0. The van der Waals surface area contributed by atoms with Gasteiger partial charge in [0.15, 0.2) is 5.96 Å². The molecule has 2 aromatic rings. The SMILES string of the molecule is CCNC(=NCCCc1nnc2n1CCCCC2)NC(C)c1ccc(CC)cc1. The van der Waals surface area contributed by atoms with Gasteiger partial charge >= 0.3 is 0 Å². The Balaban J connectivity index is 1.53. The van der Waals surface area contributed by atoms with E-state index in [1.54, 1.807) is 0 Å². The lowest BCUT2D eigenvalue weighted by Gasteiger charge is -2.18. The first-order chi connectivity index (χ1) is 14.2. The molecule has 1 aromatic heterocycles. The maximum Gasteiger partial charge on any atom is 0.191 e. The molecule has 6 nitrogen and oxygen atoms in total. The fourth-order valence-electron chi connectivity index (χ4n) is 3.81. The van der Waals surface area contributed by atoms with Crippen LogP contribution in [-0.2, 0) is 25.8 Å². The number of nitrogens with one attached hydrogen (secondary N) is 2. The molecule has 3 rings (SSSR count). The van der Waals surface area contributed by atoms with Gasteiger partial charge in [0.05, 0.1) is 6.04 Å². The number of rotatable bonds is 8. The molecule has 1 atom stereocenters. The number of nitrogens with zero attached hydrogens (tertiary/aromatic N) is 4. The molecule has 0 fully saturated rings. The van der Waals surface area contributed by atoms with Crippen molar-refractivity contribution in [3.63, 3.8) is 0 Å². The fraction of sp³-hybridized carbons (Fsp3) is 0.609. The predicted molar refractivity (Wildman–Crippen MR) is 119 cm³/mol. The van der Waals surface area contributed by atoms with Gasteiger partial charge in [0.25, 0.3) is 0 Å². The highest BCUT2D eigenvalue weighted by Crippen LogP contribution is 2.16. The molecule has 0 saturated carbocycles. The number of hydrogen-bond donors (Lipinski definition) is 2. The molecule has 0 radical (unpaired) electrons. The Morgan fingerprint density at radius 1 is 1.14 bits per heavy atom. The Hall–Kier alpha value is -2.37. The van der Waals surface area contributed by atoms with E-state index in [1.807, 2.05) is 0 Å². The Bertz CT molecular complexity index is 777. The van der Waals surface area contributed by atoms with Crippen LogP contribution in [0, 0.1) is 0 Å². The van der Waals surface area contributed by atoms with E-state index in [0.717, 1.165) is 57.1 Å². The van der Waals surface area contributed by atoms with Gasteiger partial charge < -0.3 is 15.2 Å². The first-order valence-corrected chi connectivity index (χ1v) is 11.3. The van der Waals surface area contributed by atoms with Crippen molar-refractivity contribution < 1.29 is 0 Å². The number of hydrogen-bond acceptors (Lipinski definition) is 3. The van der Waals surface area contributed by atoms with Crippen LogP contribution in [0.2, 0.25) is 0 Å². The molecule has 1 aromatic carbocycles. The van der Waals surface area contributed by atoms with Gasteiger partial charge in [-0.25, -0.2) is 0 Å². The Morgan fingerprint density at radius 3 is 2.72 bits per heavy atom. The number of aliphatic imine (C=N–C) groups is 1. The summed E-state index contributed by atoms with van der Waals surface area (Å²) in [5.41, 5.74) is 2.65. The summed E-state index contributed by atoms with van der Waals surface area (Å²) >= 11 is 0. The van der Waals surface area contributed by atoms with Crippen molar-refractivity contribution >= 4 is 5.96 Å². The minimum Gasteiger partial charge on any atom is -0.357 e. The van der Waals surface area contributed by atoms with Crippen molar-refractivity contribution in [2.24, 2.45) is 4.99 Å². The zero-order valence-corrected chi connectivity index (χ0v) is 18.2. The molecule has 0 saturated heterocycles. The summed E-state index contributed by atoms with van der Waals surface area (Å²) in [5.74, 6) is 3.16. The average Bonchev–Trinajstić information content (AvgIpc) is 2.97. The summed E-state index contributed by atoms with van der Waals surface area (Å²) in [5, 5.41) is 15.7. The summed E-state index contributed by atoms with van der Waals surface area (Å²) in [6, 6.07) is 9.04. The van der Waals surface area contributed by atoms with Crippen molar-refractivity contribution in [1.82, 2.24) is 25.4 Å². The molecule has 1 aliphatic rings. The van der Waals surface area contributed by atoms with Gasteiger partial charge in [0.1, 0.15) is 11.6 Å². The largest absolute Gasteiger partial charge is 0.357 e. The Morgan fingerprint density at radius 2 is 1.97 bits per heavy atom. The molecule has 1 unspecified atom stereocenters. The van der Waals surface area contributed by atoms with Gasteiger partial charge in [-0.3, -0.25) is 4.99 Å². The number of benzene rings is 1. The fourth-order valence-corrected chi connectivity index (χ4v) is 3.81. The van der Waals surface area contributed by atoms with Crippen LogP contribution < -0.4 is 10.6 Å². The molecule has 0 bridgehead atoms. The predicted octanol–water partition coefficient (Wildman–Crippen LogP) is 3.82. The van der Waals surface area contributed by atoms with Crippen LogP contribution in [0.3, 0.4) is 0 Å². The second-order valence-corrected chi connectivity index (χ2v) is 7.82. The van der Waals surface area contributed by atoms with E-state index in [9.17, 15) is 0 Å². The number of aromatic nitrogens is 3. The molecule has 29 heavy (non-hydrogen) atoms. The highest BCUT2D eigenvalue weighted by molar-refractivity contribution is 5.80. The molecule has 1 aliphatic heterocycles. The van der Waals surface area contributed by atoms with Crippen LogP contribution >= 0.6 is 0 Å². The normalized spacial score (nSPS) is 15.5. The van der Waals surface area contributed by atoms with E-state index in [4.69, 9.17) is 4.99 Å². The summed E-state index contributed by atoms with van der Waals surface area (Å²) < 4.78 is 2.34. The second-order valence-electron chi connectivity index (χ2n) is 7.82. The highest BCUT2D eigenvalue weighted by Gasteiger charge is 2.14. The van der Waals surface area contributed by atoms with E-state index in [2.05, 4.69) is 70.4 Å². The molecular formula is C23H36N6. The molecular weight excluding hydrogens is 360 g/mol. The van der Waals surface area contributed by atoms with Gasteiger partial charge in [0.2, 0.25) is 0 Å². The van der Waals surface area contributed by atoms with Gasteiger partial charge in [-0.2, -0.15) is 0 Å². The molecule has 0 spiro atoms. The van der Waals surface area contributed by atoms with Crippen molar-refractivity contribution in [2.75, 3.05) is 13.1 Å². The molecule has 158 valence electrons. The van der Waals surface area contributed by atoms with Crippen molar-refractivity contribution in [2.45, 2.75) is 78.3 Å². The third kappa shape index (κ3) is 6.05. The summed E-state index contributed by atoms with van der Waals surface area (Å²) in [6.45, 7) is 9.16. The van der Waals surface area contributed by atoms with Crippen LogP contribution in [0.25, 0.3) is 0 Å². The van der Waals surface area contributed by atoms with Gasteiger partial charge in [-0.05, 0) is 50.7 Å². The molecule has 0 aliphatic carbocycles.